The highest BCUT2D eigenvalue weighted by Gasteiger charge is 2.32. The highest BCUT2D eigenvalue weighted by Crippen LogP contribution is 2.27. The number of hydrogen-bond donors (Lipinski definition) is 1. The first-order chi connectivity index (χ1) is 14.1. The van der Waals surface area contributed by atoms with Gasteiger partial charge in [0, 0.05) is 30.2 Å². The molecule has 2 heterocycles. The summed E-state index contributed by atoms with van der Waals surface area (Å²) in [7, 11) is -3.59. The summed E-state index contributed by atoms with van der Waals surface area (Å²) in [6.07, 6.45) is 1.91. The highest BCUT2D eigenvalue weighted by atomic mass is 35.5. The van der Waals surface area contributed by atoms with E-state index >= 15 is 0 Å². The molecule has 1 saturated heterocycles. The van der Waals surface area contributed by atoms with Gasteiger partial charge in [0.15, 0.2) is 0 Å². The second-order valence-electron chi connectivity index (χ2n) is 8.07. The van der Waals surface area contributed by atoms with Crippen molar-refractivity contribution in [3.05, 3.63) is 40.2 Å². The zero-order valence-electron chi connectivity index (χ0n) is 17.9. The minimum Gasteiger partial charge on any atom is -0.326 e. The molecule has 0 aliphatic carbocycles. The first-order valence-corrected chi connectivity index (χ1v) is 12.0. The molecule has 1 amide bonds. The van der Waals surface area contributed by atoms with E-state index in [9.17, 15) is 13.2 Å². The maximum atomic E-state index is 13.2. The van der Waals surface area contributed by atoms with E-state index in [2.05, 4.69) is 17.3 Å². The zero-order chi connectivity index (χ0) is 22.1. The van der Waals surface area contributed by atoms with E-state index < -0.39 is 10.0 Å². The Balaban J connectivity index is 1.69. The summed E-state index contributed by atoms with van der Waals surface area (Å²) in [4.78, 5) is 12.6. The van der Waals surface area contributed by atoms with Gasteiger partial charge in [0.25, 0.3) is 0 Å². The van der Waals surface area contributed by atoms with Crippen molar-refractivity contribution in [2.24, 2.45) is 5.92 Å². The van der Waals surface area contributed by atoms with Gasteiger partial charge in [0.2, 0.25) is 15.9 Å². The molecule has 30 heavy (non-hydrogen) atoms. The van der Waals surface area contributed by atoms with Crippen LogP contribution in [0.3, 0.4) is 0 Å². The number of sulfonamides is 1. The molecule has 0 radical (unpaired) electrons. The number of carbonyl (C=O) groups is 1. The lowest BCUT2D eigenvalue weighted by Gasteiger charge is -2.29. The minimum absolute atomic E-state index is 0.175. The van der Waals surface area contributed by atoms with Crippen molar-refractivity contribution in [1.82, 2.24) is 14.1 Å². The molecule has 0 atom stereocenters. The summed E-state index contributed by atoms with van der Waals surface area (Å²) < 4.78 is 29.5. The van der Waals surface area contributed by atoms with Crippen LogP contribution in [0.5, 0.6) is 0 Å². The van der Waals surface area contributed by atoms with Crippen LogP contribution in [0.2, 0.25) is 5.02 Å². The first kappa shape index (κ1) is 22.8. The van der Waals surface area contributed by atoms with Crippen molar-refractivity contribution in [3.8, 4) is 0 Å². The predicted molar refractivity (Wildman–Crippen MR) is 118 cm³/mol. The van der Waals surface area contributed by atoms with Crippen molar-refractivity contribution in [2.45, 2.75) is 58.4 Å². The summed E-state index contributed by atoms with van der Waals surface area (Å²) in [6, 6.07) is 5.35. The fourth-order valence-corrected chi connectivity index (χ4v) is 5.75. The van der Waals surface area contributed by atoms with Gasteiger partial charge in [-0.15, -0.1) is 0 Å². The number of nitrogens with one attached hydrogen (secondary N) is 1. The number of carbonyl (C=O) groups excluding carboxylic acids is 1. The fourth-order valence-electron chi connectivity index (χ4n) is 3.73. The molecule has 1 aliphatic rings. The van der Waals surface area contributed by atoms with Gasteiger partial charge in [-0.25, -0.2) is 8.42 Å². The Bertz CT molecular complexity index is 1040. The Morgan fingerprint density at radius 2 is 1.90 bits per heavy atom. The van der Waals surface area contributed by atoms with E-state index in [1.165, 1.54) is 0 Å². The van der Waals surface area contributed by atoms with E-state index in [-0.39, 0.29) is 17.2 Å². The standard InChI is InChI=1S/C21H29ClN4O3S/c1-14-7-10-25(11-8-14)30(28,29)21-16(3)24-26(17(21)4)12-9-20(27)23-18-6-5-15(2)19(22)13-18/h5-6,13-14H,7-12H2,1-4H3,(H,23,27). The normalized spacial score (nSPS) is 16.0. The molecule has 1 aliphatic heterocycles. The number of nitrogens with zero attached hydrogens (tertiary/aromatic N) is 3. The largest absolute Gasteiger partial charge is 0.326 e. The van der Waals surface area contributed by atoms with Gasteiger partial charge in [-0.3, -0.25) is 9.48 Å². The van der Waals surface area contributed by atoms with Gasteiger partial charge >= 0.3 is 0 Å². The molecule has 3 rings (SSSR count). The number of piperidine rings is 1. The SMILES string of the molecule is Cc1ccc(NC(=O)CCn2nc(C)c(S(=O)(=O)N3CCC(C)CC3)c2C)cc1Cl. The number of benzene rings is 1. The lowest BCUT2D eigenvalue weighted by atomic mass is 10.0. The molecule has 1 aromatic carbocycles. The van der Waals surface area contributed by atoms with Crippen molar-refractivity contribution < 1.29 is 13.2 Å². The topological polar surface area (TPSA) is 84.3 Å². The van der Waals surface area contributed by atoms with Crippen LogP contribution in [0.1, 0.15) is 43.1 Å². The van der Waals surface area contributed by atoms with Gasteiger partial charge in [-0.2, -0.15) is 9.40 Å². The molecule has 1 fully saturated rings. The van der Waals surface area contributed by atoms with Gasteiger partial charge in [0.05, 0.1) is 17.9 Å². The summed E-state index contributed by atoms with van der Waals surface area (Å²) in [6.45, 7) is 8.87. The van der Waals surface area contributed by atoms with Crippen LogP contribution in [0.25, 0.3) is 0 Å². The molecule has 0 saturated carbocycles. The van der Waals surface area contributed by atoms with Gasteiger partial charge in [0.1, 0.15) is 4.90 Å². The van der Waals surface area contributed by atoms with Crippen LogP contribution in [0, 0.1) is 26.7 Å². The molecule has 0 unspecified atom stereocenters. The summed E-state index contributed by atoms with van der Waals surface area (Å²) in [5, 5.41) is 7.81. The summed E-state index contributed by atoms with van der Waals surface area (Å²) in [5.74, 6) is 0.361. The first-order valence-electron chi connectivity index (χ1n) is 10.2. The number of aryl methyl sites for hydroxylation is 3. The average Bonchev–Trinajstić information content (AvgIpc) is 2.97. The van der Waals surface area contributed by atoms with Crippen LogP contribution >= 0.6 is 11.6 Å². The molecule has 164 valence electrons. The third kappa shape index (κ3) is 4.87. The quantitative estimate of drug-likeness (QED) is 0.720. The zero-order valence-corrected chi connectivity index (χ0v) is 19.5. The number of amides is 1. The summed E-state index contributed by atoms with van der Waals surface area (Å²) in [5.41, 5.74) is 2.61. The predicted octanol–water partition coefficient (Wildman–Crippen LogP) is 3.91. The fraction of sp³-hybridized carbons (Fsp3) is 0.524. The van der Waals surface area contributed by atoms with E-state index in [1.54, 1.807) is 35.0 Å². The van der Waals surface area contributed by atoms with E-state index in [1.807, 2.05) is 13.0 Å². The van der Waals surface area contributed by atoms with E-state index in [0.717, 1.165) is 18.4 Å². The number of aromatic nitrogens is 2. The van der Waals surface area contributed by atoms with Crippen molar-refractivity contribution >= 4 is 33.2 Å². The number of hydrogen-bond acceptors (Lipinski definition) is 4. The lowest BCUT2D eigenvalue weighted by molar-refractivity contribution is -0.116. The van der Waals surface area contributed by atoms with Crippen LogP contribution in [-0.2, 0) is 21.4 Å². The summed E-state index contributed by atoms with van der Waals surface area (Å²) >= 11 is 6.10. The second-order valence-corrected chi connectivity index (χ2v) is 10.4. The maximum absolute atomic E-state index is 13.2. The van der Waals surface area contributed by atoms with Crippen LogP contribution in [0.4, 0.5) is 5.69 Å². The molecule has 1 aromatic heterocycles. The highest BCUT2D eigenvalue weighted by molar-refractivity contribution is 7.89. The minimum atomic E-state index is -3.59. The third-order valence-electron chi connectivity index (χ3n) is 5.66. The monoisotopic (exact) mass is 452 g/mol. The lowest BCUT2D eigenvalue weighted by Crippen LogP contribution is -2.38. The van der Waals surface area contributed by atoms with Crippen molar-refractivity contribution in [3.63, 3.8) is 0 Å². The van der Waals surface area contributed by atoms with Crippen molar-refractivity contribution in [2.75, 3.05) is 18.4 Å². The molecular weight excluding hydrogens is 424 g/mol. The molecule has 1 N–H and O–H groups in total. The number of halogens is 1. The Morgan fingerprint density at radius 3 is 2.53 bits per heavy atom. The van der Waals surface area contributed by atoms with Crippen LogP contribution in [-0.4, -0.2) is 41.5 Å². The van der Waals surface area contributed by atoms with Gasteiger partial charge in [-0.1, -0.05) is 24.6 Å². The molecule has 9 heteroatoms. The molecule has 0 spiro atoms. The Morgan fingerprint density at radius 1 is 1.23 bits per heavy atom. The van der Waals surface area contributed by atoms with Gasteiger partial charge in [-0.05, 0) is 57.2 Å². The Hall–Kier alpha value is -1.90. The van der Waals surface area contributed by atoms with E-state index in [4.69, 9.17) is 11.6 Å². The van der Waals surface area contributed by atoms with Crippen molar-refractivity contribution in [1.29, 1.82) is 0 Å². The average molecular weight is 453 g/mol. The number of rotatable bonds is 6. The van der Waals surface area contributed by atoms with Crippen LogP contribution in [0.15, 0.2) is 23.1 Å². The number of anilines is 1. The molecule has 7 nitrogen and oxygen atoms in total. The smallest absolute Gasteiger partial charge is 0.246 e. The maximum Gasteiger partial charge on any atom is 0.246 e. The van der Waals surface area contributed by atoms with Crippen LogP contribution < -0.4 is 5.32 Å². The van der Waals surface area contributed by atoms with E-state index in [0.29, 0.717) is 47.7 Å². The second kappa shape index (κ2) is 9.08. The third-order valence-corrected chi connectivity index (χ3v) is 8.22. The van der Waals surface area contributed by atoms with Gasteiger partial charge < -0.3 is 5.32 Å². The Kier molecular flexibility index (Phi) is 6.89. The Labute approximate surface area is 183 Å². The molecule has 2 aromatic rings. The molecular formula is C21H29ClN4O3S. The molecule has 0 bridgehead atoms.